The van der Waals surface area contributed by atoms with Crippen molar-refractivity contribution >= 4 is 16.9 Å². The number of pyridine rings is 1. The highest BCUT2D eigenvalue weighted by molar-refractivity contribution is 5.89. The van der Waals surface area contributed by atoms with Gasteiger partial charge in [-0.05, 0) is 30.3 Å². The van der Waals surface area contributed by atoms with Crippen LogP contribution in [-0.4, -0.2) is 63.6 Å². The molecule has 0 aliphatic carbocycles. The monoisotopic (exact) mass is 382 g/mol. The van der Waals surface area contributed by atoms with E-state index in [-0.39, 0.29) is 5.82 Å². The number of carbonyl (C=O) groups is 1. The molecule has 7 heteroatoms. The minimum Gasteiger partial charge on any atom is -0.480 e. The maximum absolute atomic E-state index is 13.4. The first-order chi connectivity index (χ1) is 13.6. The van der Waals surface area contributed by atoms with Crippen molar-refractivity contribution in [3.8, 4) is 0 Å². The quantitative estimate of drug-likeness (QED) is 0.686. The van der Waals surface area contributed by atoms with Crippen molar-refractivity contribution in [1.82, 2.24) is 19.8 Å². The van der Waals surface area contributed by atoms with Gasteiger partial charge in [0.2, 0.25) is 0 Å². The molecule has 3 aromatic rings. The molecule has 1 saturated heterocycles. The predicted molar refractivity (Wildman–Crippen MR) is 105 cm³/mol. The number of aromatic amines is 1. The van der Waals surface area contributed by atoms with Crippen molar-refractivity contribution in [2.75, 3.05) is 32.7 Å². The number of hydrogen-bond acceptors (Lipinski definition) is 4. The second-order valence-electron chi connectivity index (χ2n) is 7.12. The number of benzene rings is 1. The highest BCUT2D eigenvalue weighted by Gasteiger charge is 2.32. The van der Waals surface area contributed by atoms with Crippen LogP contribution in [0.25, 0.3) is 10.9 Å². The van der Waals surface area contributed by atoms with Crippen LogP contribution in [-0.2, 0) is 11.2 Å². The molecule has 0 spiro atoms. The zero-order valence-electron chi connectivity index (χ0n) is 15.5. The number of carboxylic acids is 1. The van der Waals surface area contributed by atoms with Gasteiger partial charge in [0.25, 0.3) is 0 Å². The number of nitrogens with zero attached hydrogens (tertiary/aromatic N) is 3. The van der Waals surface area contributed by atoms with Gasteiger partial charge in [0.1, 0.15) is 11.9 Å². The van der Waals surface area contributed by atoms with E-state index in [9.17, 15) is 14.3 Å². The molecule has 4 rings (SSSR count). The molecule has 1 aliphatic rings. The Labute approximate surface area is 162 Å². The molecule has 0 bridgehead atoms. The molecule has 0 saturated carbocycles. The van der Waals surface area contributed by atoms with Gasteiger partial charge in [0, 0.05) is 73.7 Å². The largest absolute Gasteiger partial charge is 0.480 e. The summed E-state index contributed by atoms with van der Waals surface area (Å²) in [4.78, 5) is 23.7. The molecule has 28 heavy (non-hydrogen) atoms. The van der Waals surface area contributed by atoms with Gasteiger partial charge >= 0.3 is 5.97 Å². The molecular formula is C21H23FN4O2. The number of halogens is 1. The standard InChI is InChI=1S/C21H23FN4O2/c22-15-4-5-17-18(14-24-19(17)13-15)20(21(27)28)26-11-9-25(10-12-26)8-6-16-3-1-2-7-23-16/h1-5,7,13-14,20,24H,6,8-12H2,(H,27,28). The van der Waals surface area contributed by atoms with Crippen LogP contribution in [0.3, 0.4) is 0 Å². The Kier molecular flexibility index (Phi) is 5.36. The maximum Gasteiger partial charge on any atom is 0.325 e. The van der Waals surface area contributed by atoms with Gasteiger partial charge in [0.05, 0.1) is 0 Å². The summed E-state index contributed by atoms with van der Waals surface area (Å²) in [5.41, 5.74) is 2.37. The Bertz CT molecular complexity index is 951. The number of H-pyrrole nitrogens is 1. The van der Waals surface area contributed by atoms with Crippen molar-refractivity contribution in [3.63, 3.8) is 0 Å². The van der Waals surface area contributed by atoms with Crippen LogP contribution in [0.4, 0.5) is 4.39 Å². The van der Waals surface area contributed by atoms with E-state index in [1.807, 2.05) is 23.1 Å². The minimum absolute atomic E-state index is 0.339. The molecular weight excluding hydrogens is 359 g/mol. The van der Waals surface area contributed by atoms with E-state index in [0.717, 1.165) is 37.1 Å². The van der Waals surface area contributed by atoms with E-state index < -0.39 is 12.0 Å². The topological polar surface area (TPSA) is 72.5 Å². The van der Waals surface area contributed by atoms with Crippen molar-refractivity contribution in [2.45, 2.75) is 12.5 Å². The second-order valence-corrected chi connectivity index (χ2v) is 7.12. The summed E-state index contributed by atoms with van der Waals surface area (Å²) in [5, 5.41) is 10.6. The minimum atomic E-state index is -0.882. The van der Waals surface area contributed by atoms with Crippen LogP contribution in [0.5, 0.6) is 0 Å². The SMILES string of the molecule is O=C(O)C(c1c[nH]c2cc(F)ccc12)N1CCN(CCc2ccccn2)CC1. The molecule has 2 aromatic heterocycles. The van der Waals surface area contributed by atoms with E-state index in [1.165, 1.54) is 12.1 Å². The van der Waals surface area contributed by atoms with Crippen molar-refractivity contribution < 1.29 is 14.3 Å². The number of hydrogen-bond donors (Lipinski definition) is 2. The van der Waals surface area contributed by atoms with Gasteiger partial charge in [0.15, 0.2) is 0 Å². The zero-order valence-corrected chi connectivity index (χ0v) is 15.5. The van der Waals surface area contributed by atoms with Gasteiger partial charge in [-0.1, -0.05) is 6.07 Å². The molecule has 0 amide bonds. The lowest BCUT2D eigenvalue weighted by atomic mass is 10.0. The van der Waals surface area contributed by atoms with Crippen LogP contribution in [0.1, 0.15) is 17.3 Å². The normalized spacial score (nSPS) is 17.0. The summed E-state index contributed by atoms with van der Waals surface area (Å²) >= 11 is 0. The third-order valence-corrected chi connectivity index (χ3v) is 5.39. The Morgan fingerprint density at radius 2 is 2.04 bits per heavy atom. The summed E-state index contributed by atoms with van der Waals surface area (Å²) < 4.78 is 13.4. The number of fused-ring (bicyclic) bond motifs is 1. The number of carboxylic acid groups (broad SMARTS) is 1. The lowest BCUT2D eigenvalue weighted by Crippen LogP contribution is -2.49. The van der Waals surface area contributed by atoms with E-state index in [4.69, 9.17) is 0 Å². The highest BCUT2D eigenvalue weighted by atomic mass is 19.1. The maximum atomic E-state index is 13.4. The van der Waals surface area contributed by atoms with Gasteiger partial charge in [-0.3, -0.25) is 14.7 Å². The number of rotatable bonds is 6. The molecule has 1 atom stereocenters. The van der Waals surface area contributed by atoms with Crippen LogP contribution < -0.4 is 0 Å². The zero-order chi connectivity index (χ0) is 19.5. The van der Waals surface area contributed by atoms with Crippen molar-refractivity contribution in [2.24, 2.45) is 0 Å². The fourth-order valence-corrected chi connectivity index (χ4v) is 3.90. The third kappa shape index (κ3) is 3.90. The molecule has 3 heterocycles. The Balaban J connectivity index is 1.43. The third-order valence-electron chi connectivity index (χ3n) is 5.39. The lowest BCUT2D eigenvalue weighted by Gasteiger charge is -2.37. The van der Waals surface area contributed by atoms with Gasteiger partial charge in [-0.25, -0.2) is 4.39 Å². The number of nitrogens with one attached hydrogen (secondary N) is 1. The van der Waals surface area contributed by atoms with Crippen molar-refractivity contribution in [3.05, 3.63) is 65.9 Å². The van der Waals surface area contributed by atoms with Gasteiger partial charge in [-0.15, -0.1) is 0 Å². The number of piperazine rings is 1. The Morgan fingerprint density at radius 3 is 2.75 bits per heavy atom. The summed E-state index contributed by atoms with van der Waals surface area (Å²) in [6.45, 7) is 3.89. The van der Waals surface area contributed by atoms with Crippen LogP contribution in [0.2, 0.25) is 0 Å². The lowest BCUT2D eigenvalue weighted by molar-refractivity contribution is -0.144. The van der Waals surface area contributed by atoms with Crippen LogP contribution in [0, 0.1) is 5.82 Å². The molecule has 1 aliphatic heterocycles. The average Bonchev–Trinajstić information content (AvgIpc) is 3.10. The predicted octanol–water partition coefficient (Wildman–Crippen LogP) is 2.69. The fourth-order valence-electron chi connectivity index (χ4n) is 3.90. The first-order valence-electron chi connectivity index (χ1n) is 9.47. The molecule has 1 aromatic carbocycles. The van der Waals surface area contributed by atoms with Crippen LogP contribution in [0.15, 0.2) is 48.8 Å². The fraction of sp³-hybridized carbons (Fsp3) is 0.333. The molecule has 6 nitrogen and oxygen atoms in total. The molecule has 2 N–H and O–H groups in total. The van der Waals surface area contributed by atoms with Gasteiger partial charge < -0.3 is 15.0 Å². The highest BCUT2D eigenvalue weighted by Crippen LogP contribution is 2.30. The molecule has 1 unspecified atom stereocenters. The second kappa shape index (κ2) is 8.08. The average molecular weight is 382 g/mol. The van der Waals surface area contributed by atoms with Gasteiger partial charge in [-0.2, -0.15) is 0 Å². The number of aromatic nitrogens is 2. The first-order valence-corrected chi connectivity index (χ1v) is 9.47. The van der Waals surface area contributed by atoms with E-state index in [2.05, 4.69) is 14.9 Å². The summed E-state index contributed by atoms with van der Waals surface area (Å²) in [5.74, 6) is -1.22. The Morgan fingerprint density at radius 1 is 1.21 bits per heavy atom. The molecule has 0 radical (unpaired) electrons. The summed E-state index contributed by atoms with van der Waals surface area (Å²) in [6, 6.07) is 9.60. The number of aliphatic carboxylic acids is 1. The van der Waals surface area contributed by atoms with E-state index >= 15 is 0 Å². The van der Waals surface area contributed by atoms with E-state index in [0.29, 0.717) is 24.2 Å². The molecule has 1 fully saturated rings. The van der Waals surface area contributed by atoms with Crippen molar-refractivity contribution in [1.29, 1.82) is 0 Å². The summed E-state index contributed by atoms with van der Waals surface area (Å²) in [6.07, 6.45) is 4.38. The summed E-state index contributed by atoms with van der Waals surface area (Å²) in [7, 11) is 0. The smallest absolute Gasteiger partial charge is 0.325 e. The Hall–Kier alpha value is -2.77. The van der Waals surface area contributed by atoms with Crippen LogP contribution >= 0.6 is 0 Å². The van der Waals surface area contributed by atoms with E-state index in [1.54, 1.807) is 18.5 Å². The first kappa shape index (κ1) is 18.6. The molecule has 146 valence electrons.